The first-order valence-corrected chi connectivity index (χ1v) is 2.46. The van der Waals surface area contributed by atoms with Crippen molar-refractivity contribution in [3.63, 3.8) is 0 Å². The van der Waals surface area contributed by atoms with E-state index in [4.69, 9.17) is 5.26 Å². The van der Waals surface area contributed by atoms with Crippen LogP contribution in [0, 0.1) is 11.3 Å². The predicted molar refractivity (Wildman–Crippen MR) is 34.2 cm³/mol. The fraction of sp³-hybridized carbons (Fsp3) is 0.286. The van der Waals surface area contributed by atoms with Crippen LogP contribution in [0.3, 0.4) is 0 Å². The van der Waals surface area contributed by atoms with Gasteiger partial charge in [-0.05, 0) is 6.92 Å². The lowest BCUT2D eigenvalue weighted by molar-refractivity contribution is 1.34. The van der Waals surface area contributed by atoms with Crippen LogP contribution in [0.4, 0.5) is 0 Å². The third-order valence-electron chi connectivity index (χ3n) is 0.612. The number of allylic oxidation sites excluding steroid dienone is 3. The molecule has 0 fully saturated rings. The summed E-state index contributed by atoms with van der Waals surface area (Å²) in [5.41, 5.74) is 0.986. The van der Waals surface area contributed by atoms with Gasteiger partial charge in [0.25, 0.3) is 0 Å². The molecule has 1 heteroatoms. The van der Waals surface area contributed by atoms with E-state index in [2.05, 4.69) is 6.58 Å². The van der Waals surface area contributed by atoms with E-state index in [0.29, 0.717) is 6.42 Å². The van der Waals surface area contributed by atoms with E-state index in [1.807, 2.05) is 19.1 Å². The minimum Gasteiger partial charge on any atom is -0.198 e. The van der Waals surface area contributed by atoms with E-state index in [0.717, 1.165) is 5.57 Å². The quantitative estimate of drug-likeness (QED) is 0.495. The van der Waals surface area contributed by atoms with Gasteiger partial charge < -0.3 is 0 Å². The van der Waals surface area contributed by atoms with Gasteiger partial charge in [-0.15, -0.1) is 0 Å². The van der Waals surface area contributed by atoms with Crippen LogP contribution >= 0.6 is 0 Å². The molecule has 0 aromatic carbocycles. The highest BCUT2D eigenvalue weighted by atomic mass is 14.2. The summed E-state index contributed by atoms with van der Waals surface area (Å²) in [4.78, 5) is 0. The Bertz CT molecular complexity index is 137. The molecular weight excluding hydrogens is 98.1 g/mol. The molecule has 0 amide bonds. The van der Waals surface area contributed by atoms with Crippen LogP contribution in [-0.2, 0) is 0 Å². The summed E-state index contributed by atoms with van der Waals surface area (Å²) in [6.07, 6.45) is 4.11. The largest absolute Gasteiger partial charge is 0.198 e. The molecule has 0 atom stereocenters. The Hall–Kier alpha value is -1.03. The van der Waals surface area contributed by atoms with Crippen LogP contribution in [-0.4, -0.2) is 0 Å². The molecule has 0 heterocycles. The smallest absolute Gasteiger partial charge is 0.0663 e. The summed E-state index contributed by atoms with van der Waals surface area (Å²) < 4.78 is 0. The molecule has 0 aliphatic heterocycles. The van der Waals surface area contributed by atoms with Crippen molar-refractivity contribution in [2.45, 2.75) is 13.3 Å². The van der Waals surface area contributed by atoms with Crippen LogP contribution < -0.4 is 0 Å². The number of hydrogen-bond acceptors (Lipinski definition) is 1. The fourth-order valence-corrected chi connectivity index (χ4v) is 0.313. The van der Waals surface area contributed by atoms with Crippen molar-refractivity contribution in [1.82, 2.24) is 0 Å². The van der Waals surface area contributed by atoms with Gasteiger partial charge in [-0.1, -0.05) is 24.3 Å². The molecule has 0 unspecified atom stereocenters. The Morgan fingerprint density at radius 2 is 2.50 bits per heavy atom. The summed E-state index contributed by atoms with van der Waals surface area (Å²) in [5.74, 6) is 0. The lowest BCUT2D eigenvalue weighted by Crippen LogP contribution is -1.60. The van der Waals surface area contributed by atoms with Crippen LogP contribution in [0.5, 0.6) is 0 Å². The lowest BCUT2D eigenvalue weighted by atomic mass is 10.3. The van der Waals surface area contributed by atoms with Gasteiger partial charge in [0.1, 0.15) is 0 Å². The normalized spacial score (nSPS) is 9.00. The third kappa shape index (κ3) is 4.97. The summed E-state index contributed by atoms with van der Waals surface area (Å²) in [6.45, 7) is 5.53. The summed E-state index contributed by atoms with van der Waals surface area (Å²) >= 11 is 0. The van der Waals surface area contributed by atoms with Crippen molar-refractivity contribution in [3.8, 4) is 6.07 Å². The van der Waals surface area contributed by atoms with Crippen molar-refractivity contribution in [1.29, 1.82) is 5.26 Å². The molecule has 1 nitrogen and oxygen atoms in total. The van der Waals surface area contributed by atoms with E-state index in [-0.39, 0.29) is 0 Å². The summed E-state index contributed by atoms with van der Waals surface area (Å²) in [7, 11) is 0. The molecule has 0 saturated carbocycles. The molecule has 0 rings (SSSR count). The zero-order valence-corrected chi connectivity index (χ0v) is 5.02. The Morgan fingerprint density at radius 3 is 2.88 bits per heavy atom. The zero-order valence-electron chi connectivity index (χ0n) is 5.02. The Morgan fingerprint density at radius 1 is 1.88 bits per heavy atom. The molecule has 0 aliphatic rings. The van der Waals surface area contributed by atoms with Crippen LogP contribution in [0.1, 0.15) is 13.3 Å². The number of nitrogens with zero attached hydrogens (tertiary/aromatic N) is 1. The Labute approximate surface area is 49.9 Å². The maximum Gasteiger partial charge on any atom is 0.0663 e. The number of hydrogen-bond donors (Lipinski definition) is 0. The van der Waals surface area contributed by atoms with Crippen molar-refractivity contribution in [3.05, 3.63) is 24.3 Å². The lowest BCUT2D eigenvalue weighted by Gasteiger charge is -1.78. The van der Waals surface area contributed by atoms with E-state index < -0.39 is 0 Å². The highest BCUT2D eigenvalue weighted by Gasteiger charge is 1.71. The van der Waals surface area contributed by atoms with Gasteiger partial charge in [0.15, 0.2) is 0 Å². The van der Waals surface area contributed by atoms with Crippen LogP contribution in [0.15, 0.2) is 24.3 Å². The molecule has 0 aromatic rings. The van der Waals surface area contributed by atoms with E-state index >= 15 is 0 Å². The maximum absolute atomic E-state index is 8.05. The minimum atomic E-state index is 0.479. The first kappa shape index (κ1) is 6.97. The molecule has 0 spiro atoms. The molecule has 42 valence electrons. The van der Waals surface area contributed by atoms with Crippen LogP contribution in [0.2, 0.25) is 0 Å². The second-order valence-electron chi connectivity index (χ2n) is 1.61. The monoisotopic (exact) mass is 107 g/mol. The van der Waals surface area contributed by atoms with Gasteiger partial charge in [-0.3, -0.25) is 0 Å². The molecule has 0 aliphatic carbocycles. The molecule has 0 bridgehead atoms. The molecular formula is C7H9N. The molecule has 0 N–H and O–H groups in total. The highest BCUT2D eigenvalue weighted by molar-refractivity contribution is 5.12. The van der Waals surface area contributed by atoms with E-state index in [1.165, 1.54) is 0 Å². The average molecular weight is 107 g/mol. The van der Waals surface area contributed by atoms with Gasteiger partial charge in [0, 0.05) is 0 Å². The molecule has 0 radical (unpaired) electrons. The molecule has 8 heavy (non-hydrogen) atoms. The highest BCUT2D eigenvalue weighted by Crippen LogP contribution is 1.89. The average Bonchev–Trinajstić information content (AvgIpc) is 1.66. The summed E-state index contributed by atoms with van der Waals surface area (Å²) in [6, 6.07) is 2.00. The van der Waals surface area contributed by atoms with Crippen molar-refractivity contribution < 1.29 is 0 Å². The topological polar surface area (TPSA) is 23.8 Å². The minimum absolute atomic E-state index is 0.479. The SMILES string of the molecule is C=C(C)/C=C\CC#N. The predicted octanol–water partition coefficient (Wildman–Crippen LogP) is 2.03. The first-order chi connectivity index (χ1) is 3.77. The number of rotatable bonds is 2. The van der Waals surface area contributed by atoms with E-state index in [1.54, 1.807) is 6.08 Å². The molecule has 0 saturated heterocycles. The zero-order chi connectivity index (χ0) is 6.41. The maximum atomic E-state index is 8.05. The Kier molecular flexibility index (Phi) is 3.60. The summed E-state index contributed by atoms with van der Waals surface area (Å²) in [5, 5.41) is 8.05. The number of nitriles is 1. The van der Waals surface area contributed by atoms with Gasteiger partial charge in [-0.2, -0.15) is 5.26 Å². The Balaban J connectivity index is 3.38. The van der Waals surface area contributed by atoms with E-state index in [9.17, 15) is 0 Å². The van der Waals surface area contributed by atoms with Gasteiger partial charge in [0.05, 0.1) is 12.5 Å². The van der Waals surface area contributed by atoms with Crippen molar-refractivity contribution in [2.24, 2.45) is 0 Å². The van der Waals surface area contributed by atoms with Gasteiger partial charge in [0.2, 0.25) is 0 Å². The van der Waals surface area contributed by atoms with Gasteiger partial charge in [-0.25, -0.2) is 0 Å². The second kappa shape index (κ2) is 4.14. The van der Waals surface area contributed by atoms with Gasteiger partial charge >= 0.3 is 0 Å². The van der Waals surface area contributed by atoms with Crippen LogP contribution in [0.25, 0.3) is 0 Å². The first-order valence-electron chi connectivity index (χ1n) is 2.46. The second-order valence-corrected chi connectivity index (χ2v) is 1.61. The third-order valence-corrected chi connectivity index (χ3v) is 0.612. The standard InChI is InChI=1S/C7H9N/c1-7(2)5-3-4-6-8/h3,5H,1,4H2,2H3/b5-3-. The van der Waals surface area contributed by atoms with Crippen molar-refractivity contribution >= 4 is 0 Å². The van der Waals surface area contributed by atoms with Crippen molar-refractivity contribution in [2.75, 3.05) is 0 Å². The molecule has 0 aromatic heterocycles. The fourth-order valence-electron chi connectivity index (χ4n) is 0.313.